The Morgan fingerprint density at radius 3 is 1.69 bits per heavy atom. The predicted molar refractivity (Wildman–Crippen MR) is 139 cm³/mol. The number of carbonyl (C=O) groups is 1. The van der Waals surface area contributed by atoms with Crippen molar-refractivity contribution in [2.75, 3.05) is 0 Å². The van der Waals surface area contributed by atoms with Gasteiger partial charge in [-0.3, -0.25) is 9.78 Å². The van der Waals surface area contributed by atoms with Gasteiger partial charge in [-0.2, -0.15) is 0 Å². The molecule has 0 atom stereocenters. The van der Waals surface area contributed by atoms with Crippen LogP contribution in [0.2, 0.25) is 0 Å². The Morgan fingerprint density at radius 1 is 0.750 bits per heavy atom. The minimum atomic E-state index is -0.653. The molecule has 0 aliphatic carbocycles. The molecule has 0 unspecified atom stereocenters. The van der Waals surface area contributed by atoms with Crippen molar-refractivity contribution in [3.63, 3.8) is 0 Å². The molecule has 32 heavy (non-hydrogen) atoms. The SMILES string of the molecule is CCCCCCCCCCCCCCCCCC(=O)O.Oc1cccc2cccnc12.[BaH2]. The van der Waals surface area contributed by atoms with E-state index in [1.165, 1.54) is 83.5 Å². The van der Waals surface area contributed by atoms with Crippen molar-refractivity contribution in [2.45, 2.75) is 110 Å². The Bertz CT molecular complexity index is 703. The molecule has 2 rings (SSSR count). The van der Waals surface area contributed by atoms with E-state index in [9.17, 15) is 9.90 Å². The number of fused-ring (bicyclic) bond motifs is 1. The average molecular weight is 569 g/mol. The van der Waals surface area contributed by atoms with E-state index in [1.54, 1.807) is 18.3 Å². The fourth-order valence-electron chi connectivity index (χ4n) is 3.74. The normalized spacial score (nSPS) is 10.3. The average Bonchev–Trinajstić information content (AvgIpc) is 2.77. The third kappa shape index (κ3) is 17.0. The number of carboxylic acid groups (broad SMARTS) is 1. The molecule has 0 radical (unpaired) electrons. The summed E-state index contributed by atoms with van der Waals surface area (Å²) in [6.45, 7) is 2.27. The molecule has 2 N–H and O–H groups in total. The van der Waals surface area contributed by atoms with Crippen LogP contribution in [-0.4, -0.2) is 70.0 Å². The van der Waals surface area contributed by atoms with Gasteiger partial charge in [0.1, 0.15) is 11.3 Å². The molecule has 0 saturated heterocycles. The van der Waals surface area contributed by atoms with Crippen LogP contribution in [0.4, 0.5) is 0 Å². The number of benzene rings is 1. The second-order valence-electron chi connectivity index (χ2n) is 8.45. The third-order valence-corrected chi connectivity index (χ3v) is 5.61. The van der Waals surface area contributed by atoms with Gasteiger partial charge < -0.3 is 10.2 Å². The summed E-state index contributed by atoms with van der Waals surface area (Å²) in [4.78, 5) is 14.4. The van der Waals surface area contributed by atoms with Crippen LogP contribution in [0.1, 0.15) is 110 Å². The molecule has 0 aliphatic rings. The summed E-state index contributed by atoms with van der Waals surface area (Å²) in [7, 11) is 0. The van der Waals surface area contributed by atoms with Crippen LogP contribution < -0.4 is 0 Å². The zero-order valence-electron chi connectivity index (χ0n) is 19.5. The summed E-state index contributed by atoms with van der Waals surface area (Å²) < 4.78 is 0. The molecule has 0 amide bonds. The molecule has 1 heterocycles. The summed E-state index contributed by atoms with van der Waals surface area (Å²) >= 11 is 0. The van der Waals surface area contributed by atoms with Crippen LogP contribution in [0.15, 0.2) is 36.5 Å². The van der Waals surface area contributed by atoms with Crippen LogP contribution in [0, 0.1) is 0 Å². The van der Waals surface area contributed by atoms with Gasteiger partial charge in [0, 0.05) is 18.0 Å². The van der Waals surface area contributed by atoms with Gasteiger partial charge in [0.25, 0.3) is 0 Å². The first-order valence-corrected chi connectivity index (χ1v) is 12.4. The number of aromatic hydroxyl groups is 1. The third-order valence-electron chi connectivity index (χ3n) is 5.61. The molecule has 178 valence electrons. The number of carboxylic acids is 1. The monoisotopic (exact) mass is 569 g/mol. The van der Waals surface area contributed by atoms with Crippen molar-refractivity contribution < 1.29 is 15.0 Å². The molecule has 0 aliphatic heterocycles. The molecule has 4 nitrogen and oxygen atoms in total. The number of phenolic OH excluding ortho intramolecular Hbond substituents is 1. The predicted octanol–water partition coefficient (Wildman–Crippen LogP) is 7.36. The van der Waals surface area contributed by atoms with Crippen LogP contribution in [0.3, 0.4) is 0 Å². The summed E-state index contributed by atoms with van der Waals surface area (Å²) in [5.41, 5.74) is 0.662. The summed E-state index contributed by atoms with van der Waals surface area (Å²) in [5, 5.41) is 18.8. The van der Waals surface area contributed by atoms with E-state index in [2.05, 4.69) is 11.9 Å². The van der Waals surface area contributed by atoms with Gasteiger partial charge in [0.2, 0.25) is 0 Å². The fourth-order valence-corrected chi connectivity index (χ4v) is 3.74. The van der Waals surface area contributed by atoms with Crippen molar-refractivity contribution in [1.82, 2.24) is 4.98 Å². The van der Waals surface area contributed by atoms with Crippen LogP contribution in [0.5, 0.6) is 5.75 Å². The zero-order valence-corrected chi connectivity index (χ0v) is 19.5. The number of nitrogens with zero attached hydrogens (tertiary/aromatic N) is 1. The van der Waals surface area contributed by atoms with E-state index in [1.807, 2.05) is 18.2 Å². The van der Waals surface area contributed by atoms with E-state index in [0.29, 0.717) is 11.9 Å². The van der Waals surface area contributed by atoms with Gasteiger partial charge in [-0.05, 0) is 18.6 Å². The minimum absolute atomic E-state index is 0. The fraction of sp³-hybridized carbons (Fsp3) is 0.630. The maximum absolute atomic E-state index is 10.3. The number of hydrogen-bond donors (Lipinski definition) is 2. The number of aromatic nitrogens is 1. The molecular weight excluding hydrogens is 524 g/mol. The van der Waals surface area contributed by atoms with Gasteiger partial charge in [-0.1, -0.05) is 115 Å². The molecule has 1 aromatic carbocycles. The summed E-state index contributed by atoms with van der Waals surface area (Å²) in [6, 6.07) is 9.13. The standard InChI is InChI=1S/C18H36O2.C9H7NO.Ba.2H/c1-2-3-4-5-6-7-8-9-10-11-12-13-14-15-16-17-18(19)20;11-8-5-1-3-7-4-2-6-10-9(7)8;;;/h2-17H2,1H3,(H,19,20);1-6,11H;;;. The maximum atomic E-state index is 10.3. The number of pyridine rings is 1. The van der Waals surface area contributed by atoms with Crippen molar-refractivity contribution in [2.24, 2.45) is 0 Å². The number of hydrogen-bond acceptors (Lipinski definition) is 3. The van der Waals surface area contributed by atoms with Crippen molar-refractivity contribution in [1.29, 1.82) is 0 Å². The molecule has 0 bridgehead atoms. The Labute approximate surface area is 235 Å². The van der Waals surface area contributed by atoms with Crippen LogP contribution >= 0.6 is 0 Å². The first-order valence-electron chi connectivity index (χ1n) is 12.4. The van der Waals surface area contributed by atoms with E-state index in [-0.39, 0.29) is 54.6 Å². The van der Waals surface area contributed by atoms with Crippen molar-refractivity contribution in [3.05, 3.63) is 36.5 Å². The summed E-state index contributed by atoms with van der Waals surface area (Å²) in [6.07, 6.45) is 21.9. The van der Waals surface area contributed by atoms with Gasteiger partial charge in [-0.15, -0.1) is 0 Å². The topological polar surface area (TPSA) is 70.4 Å². The first kappa shape index (κ1) is 31.5. The number of rotatable bonds is 16. The quantitative estimate of drug-likeness (QED) is 0.164. The van der Waals surface area contributed by atoms with Gasteiger partial charge in [0.05, 0.1) is 0 Å². The van der Waals surface area contributed by atoms with Gasteiger partial charge in [0.15, 0.2) is 0 Å². The van der Waals surface area contributed by atoms with Gasteiger partial charge in [-0.25, -0.2) is 0 Å². The second kappa shape index (κ2) is 22.3. The molecule has 0 fully saturated rings. The van der Waals surface area contributed by atoms with Crippen LogP contribution in [-0.2, 0) is 4.79 Å². The van der Waals surface area contributed by atoms with Crippen molar-refractivity contribution in [3.8, 4) is 5.75 Å². The van der Waals surface area contributed by atoms with E-state index in [4.69, 9.17) is 5.11 Å². The number of aliphatic carboxylic acids is 1. The number of phenols is 1. The molecule has 2 aromatic rings. The van der Waals surface area contributed by atoms with Crippen LogP contribution in [0.25, 0.3) is 10.9 Å². The Morgan fingerprint density at radius 2 is 1.22 bits per heavy atom. The zero-order chi connectivity index (χ0) is 22.6. The number of unbranched alkanes of at least 4 members (excludes halogenated alkanes) is 14. The Kier molecular flexibility index (Phi) is 21.9. The van der Waals surface area contributed by atoms with E-state index < -0.39 is 5.97 Å². The van der Waals surface area contributed by atoms with E-state index >= 15 is 0 Å². The molecule has 5 heteroatoms. The van der Waals surface area contributed by atoms with Gasteiger partial charge >= 0.3 is 54.9 Å². The van der Waals surface area contributed by atoms with Crippen molar-refractivity contribution >= 4 is 65.8 Å². The van der Waals surface area contributed by atoms with E-state index in [0.717, 1.165) is 18.2 Å². The Hall–Kier alpha value is -0.529. The first-order chi connectivity index (χ1) is 15.1. The molecule has 0 saturated carbocycles. The molecule has 1 aromatic heterocycles. The second-order valence-corrected chi connectivity index (χ2v) is 8.45. The molecule has 0 spiro atoms. The molecular formula is C27H45BaNO3. The summed E-state index contributed by atoms with van der Waals surface area (Å²) in [5.74, 6) is -0.414. The number of para-hydroxylation sites is 1. The Balaban J connectivity index is 0.000000668.